The summed E-state index contributed by atoms with van der Waals surface area (Å²) in [6.45, 7) is 7.11. The van der Waals surface area contributed by atoms with E-state index < -0.39 is 0 Å². The monoisotopic (exact) mass is 388 g/mol. The van der Waals surface area contributed by atoms with Crippen LogP contribution < -0.4 is 5.32 Å². The van der Waals surface area contributed by atoms with Crippen LogP contribution in [-0.4, -0.2) is 46.3 Å². The number of hydrogen-bond donors (Lipinski definition) is 1. The largest absolute Gasteiger partial charge is 0.333 e. The molecule has 1 aliphatic rings. The summed E-state index contributed by atoms with van der Waals surface area (Å²) in [5.41, 5.74) is 1.96. The van der Waals surface area contributed by atoms with Crippen molar-refractivity contribution in [3.63, 3.8) is 0 Å². The smallest absolute Gasteiger partial charge is 0.264 e. The highest BCUT2D eigenvalue weighted by atomic mass is 35.5. The number of aromatic nitrogens is 2. The molecule has 0 spiro atoms. The van der Waals surface area contributed by atoms with Crippen molar-refractivity contribution in [2.24, 2.45) is 0 Å². The first kappa shape index (κ1) is 17.5. The molecule has 1 aromatic carbocycles. The first-order valence-corrected chi connectivity index (χ1v) is 9.96. The Hall–Kier alpha value is -1.89. The molecule has 1 atom stereocenters. The number of carbonyl (C=O) groups is 1. The lowest BCUT2D eigenvalue weighted by Gasteiger charge is -2.33. The van der Waals surface area contributed by atoms with Gasteiger partial charge in [-0.3, -0.25) is 9.48 Å². The van der Waals surface area contributed by atoms with E-state index in [1.807, 2.05) is 46.8 Å². The van der Waals surface area contributed by atoms with Crippen molar-refractivity contribution in [2.75, 3.05) is 19.6 Å². The maximum absolute atomic E-state index is 13.0. The highest BCUT2D eigenvalue weighted by Crippen LogP contribution is 2.30. The number of rotatable bonds is 3. The Balaban J connectivity index is 1.67. The molecular weight excluding hydrogens is 368 g/mol. The number of amides is 1. The maximum Gasteiger partial charge on any atom is 0.264 e. The van der Waals surface area contributed by atoms with Gasteiger partial charge in [0.2, 0.25) is 0 Å². The van der Waals surface area contributed by atoms with Gasteiger partial charge in [0, 0.05) is 36.1 Å². The molecule has 0 bridgehead atoms. The molecule has 0 aliphatic carbocycles. The van der Waals surface area contributed by atoms with Gasteiger partial charge in [-0.25, -0.2) is 0 Å². The lowest BCUT2D eigenvalue weighted by Crippen LogP contribution is -2.52. The van der Waals surface area contributed by atoms with Crippen molar-refractivity contribution in [2.45, 2.75) is 26.4 Å². The van der Waals surface area contributed by atoms with Gasteiger partial charge < -0.3 is 10.2 Å². The Morgan fingerprint density at radius 1 is 1.42 bits per heavy atom. The molecule has 26 heavy (non-hydrogen) atoms. The number of thiophene rings is 1. The number of benzene rings is 1. The summed E-state index contributed by atoms with van der Waals surface area (Å²) in [7, 11) is 0. The molecule has 1 amide bonds. The van der Waals surface area contributed by atoms with Crippen LogP contribution >= 0.6 is 22.9 Å². The van der Waals surface area contributed by atoms with E-state index in [0.29, 0.717) is 6.54 Å². The van der Waals surface area contributed by atoms with E-state index >= 15 is 0 Å². The zero-order chi connectivity index (χ0) is 18.3. The number of carbonyl (C=O) groups excluding carboxylic acids is 1. The Morgan fingerprint density at radius 3 is 3.00 bits per heavy atom. The third-order valence-electron chi connectivity index (χ3n) is 4.86. The quantitative estimate of drug-likeness (QED) is 0.746. The predicted octanol–water partition coefficient (Wildman–Crippen LogP) is 3.54. The van der Waals surface area contributed by atoms with Crippen molar-refractivity contribution in [3.8, 4) is 0 Å². The molecule has 136 valence electrons. The molecule has 3 heterocycles. The summed E-state index contributed by atoms with van der Waals surface area (Å²) in [6.07, 6.45) is 0. The summed E-state index contributed by atoms with van der Waals surface area (Å²) >= 11 is 7.82. The van der Waals surface area contributed by atoms with Gasteiger partial charge in [0.05, 0.1) is 17.1 Å². The molecule has 3 aromatic rings. The average molecular weight is 389 g/mol. The number of aryl methyl sites for hydroxylation is 1. The maximum atomic E-state index is 13.0. The van der Waals surface area contributed by atoms with Gasteiger partial charge in [0.25, 0.3) is 5.91 Å². The SMILES string of the molecule is Cc1nn(Cc2ccccc2Cl)c2sc(C(=O)N3CCNCC3C)cc12. The first-order chi connectivity index (χ1) is 12.5. The van der Waals surface area contributed by atoms with E-state index in [0.717, 1.165) is 51.0 Å². The van der Waals surface area contributed by atoms with Gasteiger partial charge in [-0.15, -0.1) is 11.3 Å². The molecule has 1 fully saturated rings. The topological polar surface area (TPSA) is 50.2 Å². The number of piperazine rings is 1. The van der Waals surface area contributed by atoms with E-state index in [-0.39, 0.29) is 11.9 Å². The molecule has 2 aromatic heterocycles. The van der Waals surface area contributed by atoms with Crippen molar-refractivity contribution in [1.29, 1.82) is 0 Å². The molecular formula is C19H21ClN4OS. The minimum absolute atomic E-state index is 0.115. The molecule has 1 aliphatic heterocycles. The Bertz CT molecular complexity index is 964. The standard InChI is InChI=1S/C19H21ClN4OS/c1-12-10-21-7-8-23(12)18(25)17-9-15-13(2)22-24(19(15)26-17)11-14-5-3-4-6-16(14)20/h3-6,9,12,21H,7-8,10-11H2,1-2H3. The number of fused-ring (bicyclic) bond motifs is 1. The van der Waals surface area contributed by atoms with E-state index in [4.69, 9.17) is 11.6 Å². The van der Waals surface area contributed by atoms with Gasteiger partial charge >= 0.3 is 0 Å². The van der Waals surface area contributed by atoms with E-state index in [2.05, 4.69) is 17.3 Å². The van der Waals surface area contributed by atoms with E-state index in [1.165, 1.54) is 11.3 Å². The Morgan fingerprint density at radius 2 is 2.23 bits per heavy atom. The molecule has 5 nitrogen and oxygen atoms in total. The van der Waals surface area contributed by atoms with Crippen LogP contribution in [0.5, 0.6) is 0 Å². The normalized spacial score (nSPS) is 17.8. The van der Waals surface area contributed by atoms with Crippen molar-refractivity contribution in [3.05, 3.63) is 51.5 Å². The number of nitrogens with zero attached hydrogens (tertiary/aromatic N) is 3. The minimum atomic E-state index is 0.115. The van der Waals surface area contributed by atoms with Crippen molar-refractivity contribution < 1.29 is 4.79 Å². The fourth-order valence-electron chi connectivity index (χ4n) is 3.40. The molecule has 1 saturated heterocycles. The predicted molar refractivity (Wildman–Crippen MR) is 106 cm³/mol. The summed E-state index contributed by atoms with van der Waals surface area (Å²) in [4.78, 5) is 16.7. The third-order valence-corrected chi connectivity index (χ3v) is 6.36. The second kappa shape index (κ2) is 7.02. The minimum Gasteiger partial charge on any atom is -0.333 e. The van der Waals surface area contributed by atoms with Crippen LogP contribution in [-0.2, 0) is 6.54 Å². The lowest BCUT2D eigenvalue weighted by atomic mass is 10.2. The molecule has 0 radical (unpaired) electrons. The van der Waals surface area contributed by atoms with Crippen LogP contribution in [0.1, 0.15) is 27.9 Å². The van der Waals surface area contributed by atoms with Crippen LogP contribution in [0.2, 0.25) is 5.02 Å². The highest BCUT2D eigenvalue weighted by Gasteiger charge is 2.26. The average Bonchev–Trinajstić information content (AvgIpc) is 3.18. The van der Waals surface area contributed by atoms with Gasteiger partial charge in [-0.1, -0.05) is 29.8 Å². The van der Waals surface area contributed by atoms with Crippen LogP contribution in [0.4, 0.5) is 0 Å². The van der Waals surface area contributed by atoms with Crippen LogP contribution in [0.15, 0.2) is 30.3 Å². The number of nitrogens with one attached hydrogen (secondary N) is 1. The fourth-order valence-corrected chi connectivity index (χ4v) is 4.71. The van der Waals surface area contributed by atoms with Gasteiger partial charge in [0.1, 0.15) is 4.83 Å². The summed E-state index contributed by atoms with van der Waals surface area (Å²) in [6, 6.07) is 9.99. The molecule has 0 saturated carbocycles. The fraction of sp³-hybridized carbons (Fsp3) is 0.368. The Labute approximate surface area is 161 Å². The van der Waals surface area contributed by atoms with Gasteiger partial charge in [-0.2, -0.15) is 5.10 Å². The second-order valence-corrected chi connectivity index (χ2v) is 8.15. The third kappa shape index (κ3) is 3.13. The van der Waals surface area contributed by atoms with Crippen molar-refractivity contribution >= 4 is 39.1 Å². The zero-order valence-electron chi connectivity index (χ0n) is 14.8. The second-order valence-electron chi connectivity index (χ2n) is 6.72. The number of hydrogen-bond acceptors (Lipinski definition) is 4. The molecule has 7 heteroatoms. The van der Waals surface area contributed by atoms with Crippen molar-refractivity contribution in [1.82, 2.24) is 20.0 Å². The lowest BCUT2D eigenvalue weighted by molar-refractivity contribution is 0.0661. The first-order valence-electron chi connectivity index (χ1n) is 8.76. The van der Waals surface area contributed by atoms with E-state index in [9.17, 15) is 4.79 Å². The summed E-state index contributed by atoms with van der Waals surface area (Å²) in [5.74, 6) is 0.115. The van der Waals surface area contributed by atoms with Gasteiger partial charge in [-0.05, 0) is 31.5 Å². The molecule has 4 rings (SSSR count). The molecule has 1 N–H and O–H groups in total. The summed E-state index contributed by atoms with van der Waals surface area (Å²) < 4.78 is 1.95. The highest BCUT2D eigenvalue weighted by molar-refractivity contribution is 7.20. The van der Waals surface area contributed by atoms with Gasteiger partial charge in [0.15, 0.2) is 0 Å². The summed E-state index contributed by atoms with van der Waals surface area (Å²) in [5, 5.41) is 9.76. The van der Waals surface area contributed by atoms with Crippen LogP contribution in [0.3, 0.4) is 0 Å². The number of halogens is 1. The molecule has 1 unspecified atom stereocenters. The van der Waals surface area contributed by atoms with E-state index in [1.54, 1.807) is 0 Å². The van der Waals surface area contributed by atoms with Crippen LogP contribution in [0.25, 0.3) is 10.2 Å². The zero-order valence-corrected chi connectivity index (χ0v) is 16.4. The van der Waals surface area contributed by atoms with Crippen LogP contribution in [0, 0.1) is 6.92 Å². The Kier molecular flexibility index (Phi) is 4.73.